The molecule has 1 atom stereocenters. The minimum atomic E-state index is -0.782. The lowest BCUT2D eigenvalue weighted by molar-refractivity contribution is -0.113. The second kappa shape index (κ2) is 14.8. The minimum absolute atomic E-state index is 0.0720. The van der Waals surface area contributed by atoms with Gasteiger partial charge in [0, 0.05) is 34.2 Å². The van der Waals surface area contributed by atoms with Gasteiger partial charge >= 0.3 is 0 Å². The van der Waals surface area contributed by atoms with E-state index in [1.54, 1.807) is 91.0 Å². The summed E-state index contributed by atoms with van der Waals surface area (Å²) < 4.78 is 0. The molecule has 0 radical (unpaired) electrons. The Bertz CT molecular complexity index is 1630. The van der Waals surface area contributed by atoms with Crippen molar-refractivity contribution in [1.29, 1.82) is 5.26 Å². The van der Waals surface area contributed by atoms with Crippen molar-refractivity contribution in [3.05, 3.63) is 147 Å². The molecular weight excluding hydrogens is 566 g/mol. The third kappa shape index (κ3) is 8.20. The Morgan fingerprint density at radius 2 is 1.43 bits per heavy atom. The van der Waals surface area contributed by atoms with Crippen molar-refractivity contribution in [2.45, 2.75) is 19.3 Å². The van der Waals surface area contributed by atoms with E-state index in [0.29, 0.717) is 27.4 Å². The fraction of sp³-hybridized carbons (Fsp3) is 0.118. The summed E-state index contributed by atoms with van der Waals surface area (Å²) in [4.78, 5) is 39.5. The minimum Gasteiger partial charge on any atom is -0.325 e. The first kappa shape index (κ1) is 30.3. The molecule has 0 bridgehead atoms. The average molecular weight is 594 g/mol. The monoisotopic (exact) mass is 593 g/mol. The molecule has 42 heavy (non-hydrogen) atoms. The van der Waals surface area contributed by atoms with E-state index in [1.165, 1.54) is 0 Å². The first-order chi connectivity index (χ1) is 20.4. The highest BCUT2D eigenvalue weighted by Gasteiger charge is 2.28. The number of allylic oxidation sites excluding steroid dienone is 1. The molecule has 0 saturated heterocycles. The number of carbonyl (C=O) groups is 3. The molecule has 4 rings (SSSR count). The van der Waals surface area contributed by atoms with Gasteiger partial charge in [-0.25, -0.2) is 0 Å². The van der Waals surface area contributed by atoms with Crippen LogP contribution < -0.4 is 10.6 Å². The molecule has 0 heterocycles. The van der Waals surface area contributed by atoms with Crippen molar-refractivity contribution in [1.82, 2.24) is 5.32 Å². The first-order valence-corrected chi connectivity index (χ1v) is 14.5. The molecular formula is C34H28ClN3O3S. The Morgan fingerprint density at radius 1 is 0.833 bits per heavy atom. The third-order valence-electron chi connectivity index (χ3n) is 6.43. The van der Waals surface area contributed by atoms with Gasteiger partial charge in [-0.05, 0) is 42.8 Å². The van der Waals surface area contributed by atoms with Gasteiger partial charge in [-0.3, -0.25) is 14.4 Å². The van der Waals surface area contributed by atoms with Gasteiger partial charge in [-0.2, -0.15) is 5.26 Å². The summed E-state index contributed by atoms with van der Waals surface area (Å²) in [6.45, 7) is 1.95. The summed E-state index contributed by atoms with van der Waals surface area (Å²) in [6.07, 6.45) is -0.0720. The zero-order valence-corrected chi connectivity index (χ0v) is 24.4. The van der Waals surface area contributed by atoms with Crippen molar-refractivity contribution in [2.24, 2.45) is 0 Å². The molecule has 0 aromatic heterocycles. The molecule has 0 aliphatic rings. The van der Waals surface area contributed by atoms with E-state index in [1.807, 2.05) is 25.1 Å². The van der Waals surface area contributed by atoms with Crippen LogP contribution in [0.4, 0.5) is 5.69 Å². The van der Waals surface area contributed by atoms with Crippen LogP contribution in [0.5, 0.6) is 0 Å². The zero-order valence-electron chi connectivity index (χ0n) is 22.8. The molecule has 4 aromatic rings. The number of amides is 2. The number of hydrogen-bond acceptors (Lipinski definition) is 5. The van der Waals surface area contributed by atoms with Gasteiger partial charge in [0.05, 0.1) is 22.4 Å². The van der Waals surface area contributed by atoms with Crippen LogP contribution in [0.15, 0.2) is 120 Å². The van der Waals surface area contributed by atoms with Crippen molar-refractivity contribution in [2.75, 3.05) is 11.1 Å². The number of nitriles is 1. The molecule has 0 spiro atoms. The summed E-state index contributed by atoms with van der Waals surface area (Å²) >= 11 is 7.60. The van der Waals surface area contributed by atoms with Crippen LogP contribution in [0.3, 0.4) is 0 Å². The maximum atomic E-state index is 13.4. The van der Waals surface area contributed by atoms with Crippen molar-refractivity contribution >= 4 is 46.6 Å². The smallest absolute Gasteiger partial charge is 0.256 e. The standard InChI is InChI=1S/C34H28ClN3O3S/c1-23-16-18-26(19-17-23)37-32(40)22-42-34(38-33(41)25-12-6-3-7-13-25)29(21-36)28(27-14-8-9-15-30(27)35)20-31(39)24-10-4-2-5-11-24/h2-19,28H,20,22H2,1H3,(H,37,40)(H,38,41)/b34-29+. The molecule has 0 fully saturated rings. The van der Waals surface area contributed by atoms with Gasteiger partial charge in [0.15, 0.2) is 5.78 Å². The SMILES string of the molecule is Cc1ccc(NC(=O)CS/C(NC(=O)c2ccccc2)=C(\C#N)C(CC(=O)c2ccccc2)c2ccccc2Cl)cc1. The van der Waals surface area contributed by atoms with Crippen LogP contribution >= 0.6 is 23.4 Å². The van der Waals surface area contributed by atoms with Gasteiger partial charge < -0.3 is 10.6 Å². The number of rotatable bonds is 11. The number of nitrogens with zero attached hydrogens (tertiary/aromatic N) is 1. The highest BCUT2D eigenvalue weighted by molar-refractivity contribution is 8.03. The number of nitrogens with one attached hydrogen (secondary N) is 2. The number of carbonyl (C=O) groups excluding carboxylic acids is 3. The van der Waals surface area contributed by atoms with E-state index in [9.17, 15) is 19.6 Å². The van der Waals surface area contributed by atoms with E-state index in [2.05, 4.69) is 16.7 Å². The van der Waals surface area contributed by atoms with Crippen LogP contribution in [0.2, 0.25) is 5.02 Å². The van der Waals surface area contributed by atoms with E-state index >= 15 is 0 Å². The number of Topliss-reactive ketones (excluding diaryl/α,β-unsaturated/α-hetero) is 1. The van der Waals surface area contributed by atoms with E-state index < -0.39 is 11.8 Å². The second-order valence-electron chi connectivity index (χ2n) is 9.45. The molecule has 0 saturated carbocycles. The summed E-state index contributed by atoms with van der Waals surface area (Å²) in [6, 6.07) is 33.9. The van der Waals surface area contributed by atoms with Gasteiger partial charge in [-0.1, -0.05) is 108 Å². The van der Waals surface area contributed by atoms with Gasteiger partial charge in [0.2, 0.25) is 5.91 Å². The van der Waals surface area contributed by atoms with E-state index in [-0.39, 0.29) is 34.5 Å². The maximum Gasteiger partial charge on any atom is 0.256 e. The normalized spacial score (nSPS) is 11.9. The Hall–Kier alpha value is -4.64. The Balaban J connectivity index is 1.72. The van der Waals surface area contributed by atoms with Crippen LogP contribution in [-0.4, -0.2) is 23.4 Å². The van der Waals surface area contributed by atoms with Gasteiger partial charge in [-0.15, -0.1) is 0 Å². The number of halogens is 1. The van der Waals surface area contributed by atoms with Crippen molar-refractivity contribution in [3.8, 4) is 6.07 Å². The first-order valence-electron chi connectivity index (χ1n) is 13.2. The summed E-state index contributed by atoms with van der Waals surface area (Å²) in [5, 5.41) is 16.7. The van der Waals surface area contributed by atoms with Crippen LogP contribution in [-0.2, 0) is 4.79 Å². The number of hydrogen-bond donors (Lipinski definition) is 2. The maximum absolute atomic E-state index is 13.4. The average Bonchev–Trinajstić information content (AvgIpc) is 3.01. The number of aryl methyl sites for hydroxylation is 1. The van der Waals surface area contributed by atoms with E-state index in [0.717, 1.165) is 17.3 Å². The predicted molar refractivity (Wildman–Crippen MR) is 168 cm³/mol. The fourth-order valence-electron chi connectivity index (χ4n) is 4.26. The summed E-state index contributed by atoms with van der Waals surface area (Å²) in [5.74, 6) is -1.83. The number of ketones is 1. The number of benzene rings is 4. The highest BCUT2D eigenvalue weighted by atomic mass is 35.5. The lowest BCUT2D eigenvalue weighted by Gasteiger charge is -2.21. The zero-order chi connectivity index (χ0) is 29.9. The molecule has 0 aliphatic heterocycles. The highest BCUT2D eigenvalue weighted by Crippen LogP contribution is 2.37. The molecule has 6 nitrogen and oxygen atoms in total. The molecule has 2 N–H and O–H groups in total. The fourth-order valence-corrected chi connectivity index (χ4v) is 5.38. The molecule has 0 aliphatic carbocycles. The van der Waals surface area contributed by atoms with Crippen molar-refractivity contribution < 1.29 is 14.4 Å². The lowest BCUT2D eigenvalue weighted by atomic mass is 9.86. The van der Waals surface area contributed by atoms with E-state index in [4.69, 9.17) is 11.6 Å². The second-order valence-corrected chi connectivity index (χ2v) is 10.8. The number of thioether (sulfide) groups is 1. The van der Waals surface area contributed by atoms with Crippen LogP contribution in [0.1, 0.15) is 44.2 Å². The quantitative estimate of drug-likeness (QED) is 0.138. The molecule has 210 valence electrons. The van der Waals surface area contributed by atoms with Gasteiger partial charge in [0.1, 0.15) is 0 Å². The largest absolute Gasteiger partial charge is 0.325 e. The van der Waals surface area contributed by atoms with Crippen LogP contribution in [0, 0.1) is 18.3 Å². The Labute approximate surface area is 254 Å². The Kier molecular flexibility index (Phi) is 10.7. The summed E-state index contributed by atoms with van der Waals surface area (Å²) in [5.41, 5.74) is 3.26. The molecule has 4 aromatic carbocycles. The molecule has 2 amide bonds. The Morgan fingerprint density at radius 3 is 2.05 bits per heavy atom. The third-order valence-corrected chi connectivity index (χ3v) is 7.79. The van der Waals surface area contributed by atoms with Crippen molar-refractivity contribution in [3.63, 3.8) is 0 Å². The van der Waals surface area contributed by atoms with Gasteiger partial charge in [0.25, 0.3) is 5.91 Å². The number of anilines is 1. The topological polar surface area (TPSA) is 99.1 Å². The molecule has 1 unspecified atom stereocenters. The molecule has 8 heteroatoms. The summed E-state index contributed by atoms with van der Waals surface area (Å²) in [7, 11) is 0. The lowest BCUT2D eigenvalue weighted by Crippen LogP contribution is -2.25. The van der Waals surface area contributed by atoms with Crippen LogP contribution in [0.25, 0.3) is 0 Å². The predicted octanol–water partition coefficient (Wildman–Crippen LogP) is 7.54.